The van der Waals surface area contributed by atoms with Crippen LogP contribution in [0.15, 0.2) is 0 Å². The third kappa shape index (κ3) is 14.3. The van der Waals surface area contributed by atoms with Gasteiger partial charge in [0.05, 0.1) is 7.11 Å². The van der Waals surface area contributed by atoms with Gasteiger partial charge in [-0.15, -0.1) is 0 Å². The molecule has 0 aromatic carbocycles. The minimum Gasteiger partial charge on any atom is -0.467 e. The van der Waals surface area contributed by atoms with Gasteiger partial charge in [0, 0.05) is 0 Å². The molecule has 0 fully saturated rings. The molecule has 1 unspecified atom stereocenters. The number of esters is 1. The van der Waals surface area contributed by atoms with Crippen LogP contribution in [-0.4, -0.2) is 24.3 Å². The molecule has 0 aromatic heterocycles. The van der Waals surface area contributed by atoms with E-state index in [0.717, 1.165) is 0 Å². The smallest absolute Gasteiger partial charge is 0.334 e. The Morgan fingerprint density at radius 3 is 1.77 bits per heavy atom. The molecule has 0 aliphatic heterocycles. The molecule has 3 heteroatoms. The van der Waals surface area contributed by atoms with Crippen LogP contribution in [0.5, 0.6) is 0 Å². The highest BCUT2D eigenvalue weighted by Crippen LogP contribution is 1.95. The van der Waals surface area contributed by atoms with E-state index < -0.39 is 12.1 Å². The summed E-state index contributed by atoms with van der Waals surface area (Å²) in [5, 5.41) is 8.35. The largest absolute Gasteiger partial charge is 0.467 e. The molecule has 0 aliphatic carbocycles. The Kier molecular flexibility index (Phi) is 13.1. The number of rotatable bonds is 4. The van der Waals surface area contributed by atoms with Crippen molar-refractivity contribution in [3.8, 4) is 0 Å². The van der Waals surface area contributed by atoms with E-state index in [-0.39, 0.29) is 0 Å². The van der Waals surface area contributed by atoms with Crippen molar-refractivity contribution < 1.29 is 14.6 Å². The van der Waals surface area contributed by atoms with Gasteiger partial charge in [-0.2, -0.15) is 0 Å². The van der Waals surface area contributed by atoms with Gasteiger partial charge < -0.3 is 9.84 Å². The first kappa shape index (κ1) is 14.9. The molecule has 80 valence electrons. The van der Waals surface area contributed by atoms with E-state index in [1.807, 2.05) is 0 Å². The zero-order valence-corrected chi connectivity index (χ0v) is 9.17. The molecule has 0 rings (SSSR count). The second-order valence-electron chi connectivity index (χ2n) is 2.91. The van der Waals surface area contributed by atoms with Gasteiger partial charge in [-0.25, -0.2) is 4.79 Å². The minimum absolute atomic E-state index is 0.597. The molecule has 0 heterocycles. The molecule has 0 amide bonds. The minimum atomic E-state index is -0.995. The van der Waals surface area contributed by atoms with Crippen molar-refractivity contribution in [1.82, 2.24) is 0 Å². The van der Waals surface area contributed by atoms with Gasteiger partial charge in [-0.1, -0.05) is 39.5 Å². The summed E-state index contributed by atoms with van der Waals surface area (Å²) < 4.78 is 4.12. The summed E-state index contributed by atoms with van der Waals surface area (Å²) in [5.74, 6) is -0.597. The number of aliphatic hydroxyl groups excluding tert-OH is 1. The van der Waals surface area contributed by atoms with Crippen molar-refractivity contribution in [3.63, 3.8) is 0 Å². The normalized spacial score (nSPS) is 11.2. The monoisotopic (exact) mass is 190 g/mol. The van der Waals surface area contributed by atoms with Crippen molar-refractivity contribution in [1.29, 1.82) is 0 Å². The first-order valence-electron chi connectivity index (χ1n) is 4.85. The van der Waals surface area contributed by atoms with Crippen molar-refractivity contribution in [2.45, 2.75) is 52.6 Å². The van der Waals surface area contributed by atoms with Gasteiger partial charge in [0.15, 0.2) is 0 Å². The number of carbonyl (C=O) groups excluding carboxylic acids is 1. The summed E-state index contributed by atoms with van der Waals surface area (Å²) in [6.07, 6.45) is 4.54. The molecule has 0 aromatic rings. The molecule has 0 saturated carbocycles. The van der Waals surface area contributed by atoms with E-state index in [2.05, 4.69) is 18.6 Å². The van der Waals surface area contributed by atoms with Crippen LogP contribution in [-0.2, 0) is 9.53 Å². The Labute approximate surface area is 81.1 Å². The average molecular weight is 190 g/mol. The highest BCUT2D eigenvalue weighted by atomic mass is 16.5. The summed E-state index contributed by atoms with van der Waals surface area (Å²) in [6.45, 7) is 5.82. The van der Waals surface area contributed by atoms with Crippen LogP contribution in [0.1, 0.15) is 46.5 Å². The molecule has 0 saturated heterocycles. The second kappa shape index (κ2) is 11.4. The molecule has 13 heavy (non-hydrogen) atoms. The van der Waals surface area contributed by atoms with Crippen LogP contribution >= 0.6 is 0 Å². The Morgan fingerprint density at radius 2 is 1.69 bits per heavy atom. The maximum Gasteiger partial charge on any atom is 0.334 e. The van der Waals surface area contributed by atoms with Crippen LogP contribution in [0.4, 0.5) is 0 Å². The quantitative estimate of drug-likeness (QED) is 0.545. The fourth-order valence-corrected chi connectivity index (χ4v) is 0.671. The summed E-state index contributed by atoms with van der Waals surface area (Å²) in [4.78, 5) is 10.0. The van der Waals surface area contributed by atoms with Gasteiger partial charge in [0.2, 0.25) is 0 Å². The van der Waals surface area contributed by atoms with Gasteiger partial charge >= 0.3 is 5.97 Å². The van der Waals surface area contributed by atoms with E-state index in [4.69, 9.17) is 5.11 Å². The molecule has 0 spiro atoms. The van der Waals surface area contributed by atoms with Crippen LogP contribution in [0, 0.1) is 0 Å². The molecular weight excluding hydrogens is 168 g/mol. The zero-order chi connectivity index (χ0) is 10.7. The number of methoxy groups -OCH3 is 1. The van der Waals surface area contributed by atoms with Gasteiger partial charge in [-0.3, -0.25) is 0 Å². The standard InChI is InChI=1S/C6H14.C4H8O3/c1-3-5-6-4-2;1-3(5)4(6)7-2/h3-6H2,1-2H3;3,5H,1-2H3. The first-order valence-corrected chi connectivity index (χ1v) is 4.85. The fourth-order valence-electron chi connectivity index (χ4n) is 0.671. The summed E-state index contributed by atoms with van der Waals surface area (Å²) >= 11 is 0. The third-order valence-corrected chi connectivity index (χ3v) is 1.50. The molecular formula is C10H22O3. The van der Waals surface area contributed by atoms with E-state index in [1.54, 1.807) is 0 Å². The molecule has 1 atom stereocenters. The van der Waals surface area contributed by atoms with Gasteiger partial charge in [0.1, 0.15) is 6.10 Å². The van der Waals surface area contributed by atoms with E-state index in [9.17, 15) is 4.79 Å². The topological polar surface area (TPSA) is 46.5 Å². The van der Waals surface area contributed by atoms with Crippen molar-refractivity contribution in [3.05, 3.63) is 0 Å². The van der Waals surface area contributed by atoms with Gasteiger partial charge in [0.25, 0.3) is 0 Å². The number of hydrogen-bond donors (Lipinski definition) is 1. The van der Waals surface area contributed by atoms with Crippen LogP contribution in [0.2, 0.25) is 0 Å². The lowest BCUT2D eigenvalue weighted by Crippen LogP contribution is -2.16. The number of aliphatic hydroxyl groups is 1. The van der Waals surface area contributed by atoms with Crippen molar-refractivity contribution in [2.24, 2.45) is 0 Å². The van der Waals surface area contributed by atoms with Crippen molar-refractivity contribution in [2.75, 3.05) is 7.11 Å². The van der Waals surface area contributed by atoms with E-state index in [0.29, 0.717) is 0 Å². The zero-order valence-electron chi connectivity index (χ0n) is 9.17. The maximum atomic E-state index is 10.0. The lowest BCUT2D eigenvalue weighted by molar-refractivity contribution is -0.149. The van der Waals surface area contributed by atoms with Crippen LogP contribution in [0.3, 0.4) is 0 Å². The summed E-state index contributed by atoms with van der Waals surface area (Å²) in [6, 6.07) is 0. The van der Waals surface area contributed by atoms with Crippen LogP contribution < -0.4 is 0 Å². The SMILES string of the molecule is CCCCCC.COC(=O)C(C)O. The summed E-state index contributed by atoms with van der Waals surface area (Å²) in [5.41, 5.74) is 0. The van der Waals surface area contributed by atoms with Gasteiger partial charge in [-0.05, 0) is 6.92 Å². The fraction of sp³-hybridized carbons (Fsp3) is 0.900. The highest BCUT2D eigenvalue weighted by Gasteiger charge is 2.05. The van der Waals surface area contributed by atoms with E-state index >= 15 is 0 Å². The maximum absolute atomic E-state index is 10.0. The Bertz CT molecular complexity index is 107. The Balaban J connectivity index is 0. The molecule has 1 N–H and O–H groups in total. The lowest BCUT2D eigenvalue weighted by atomic mass is 10.2. The number of unbranched alkanes of at least 4 members (excludes halogenated alkanes) is 3. The molecule has 0 aliphatic rings. The van der Waals surface area contributed by atoms with Crippen LogP contribution in [0.25, 0.3) is 0 Å². The highest BCUT2D eigenvalue weighted by molar-refractivity contribution is 5.73. The summed E-state index contributed by atoms with van der Waals surface area (Å²) in [7, 11) is 1.23. The lowest BCUT2D eigenvalue weighted by Gasteiger charge is -1.97. The number of carbonyl (C=O) groups is 1. The third-order valence-electron chi connectivity index (χ3n) is 1.50. The molecule has 3 nitrogen and oxygen atoms in total. The predicted octanol–water partition coefficient (Wildman–Crippen LogP) is 2.13. The van der Waals surface area contributed by atoms with Crippen molar-refractivity contribution >= 4 is 5.97 Å². The predicted molar refractivity (Wildman–Crippen MR) is 53.5 cm³/mol. The number of ether oxygens (including phenoxy) is 1. The Morgan fingerprint density at radius 1 is 1.31 bits per heavy atom. The molecule has 0 bridgehead atoms. The van der Waals surface area contributed by atoms with E-state index in [1.165, 1.54) is 39.7 Å². The Hall–Kier alpha value is -0.570. The average Bonchev–Trinajstić information content (AvgIpc) is 2.14. The first-order chi connectivity index (χ1) is 6.09. The second-order valence-corrected chi connectivity index (χ2v) is 2.91. The molecule has 0 radical (unpaired) electrons. The number of hydrogen-bond acceptors (Lipinski definition) is 3.